The van der Waals surface area contributed by atoms with E-state index in [4.69, 9.17) is 9.47 Å². The molecule has 4 rings (SSSR count). The van der Waals surface area contributed by atoms with Gasteiger partial charge < -0.3 is 25.2 Å². The van der Waals surface area contributed by atoms with E-state index in [-0.39, 0.29) is 5.75 Å². The SMILES string of the molecule is COc1cc(C)c(NC=NCc2ccc3nc(Nc4ccccc4O)sc3c2)cc1OC. The summed E-state index contributed by atoms with van der Waals surface area (Å²) in [5.74, 6) is 1.55. The second kappa shape index (κ2) is 9.57. The highest BCUT2D eigenvalue weighted by atomic mass is 32.1. The minimum Gasteiger partial charge on any atom is -0.506 e. The quantitative estimate of drug-likeness (QED) is 0.182. The second-order valence-electron chi connectivity index (χ2n) is 7.10. The Balaban J connectivity index is 1.42. The molecule has 3 N–H and O–H groups in total. The second-order valence-corrected chi connectivity index (χ2v) is 8.13. The van der Waals surface area contributed by atoms with E-state index in [0.717, 1.165) is 32.2 Å². The lowest BCUT2D eigenvalue weighted by atomic mass is 10.2. The third kappa shape index (κ3) is 4.76. The van der Waals surface area contributed by atoms with E-state index in [2.05, 4.69) is 26.7 Å². The van der Waals surface area contributed by atoms with Crippen molar-refractivity contribution in [2.24, 2.45) is 4.99 Å². The van der Waals surface area contributed by atoms with Gasteiger partial charge in [0, 0.05) is 11.8 Å². The van der Waals surface area contributed by atoms with Gasteiger partial charge in [0.1, 0.15) is 5.75 Å². The van der Waals surface area contributed by atoms with Crippen LogP contribution in [0.5, 0.6) is 17.2 Å². The number of thiazole rings is 1. The molecule has 0 atom stereocenters. The number of aliphatic imine (C=N–C) groups is 1. The van der Waals surface area contributed by atoms with Crippen LogP contribution in [0.4, 0.5) is 16.5 Å². The lowest BCUT2D eigenvalue weighted by Gasteiger charge is -2.12. The van der Waals surface area contributed by atoms with Gasteiger partial charge in [0.05, 0.1) is 43.0 Å². The van der Waals surface area contributed by atoms with E-state index in [1.54, 1.807) is 32.7 Å². The summed E-state index contributed by atoms with van der Waals surface area (Å²) < 4.78 is 11.7. The lowest BCUT2D eigenvalue weighted by Crippen LogP contribution is -2.00. The summed E-state index contributed by atoms with van der Waals surface area (Å²) in [6.45, 7) is 2.53. The number of aromatic nitrogens is 1. The maximum Gasteiger partial charge on any atom is 0.188 e. The maximum absolute atomic E-state index is 9.95. The van der Waals surface area contributed by atoms with Gasteiger partial charge in [-0.2, -0.15) is 0 Å². The molecule has 1 aromatic heterocycles. The van der Waals surface area contributed by atoms with Crippen molar-refractivity contribution in [1.29, 1.82) is 0 Å². The summed E-state index contributed by atoms with van der Waals surface area (Å²) in [6.07, 6.45) is 1.69. The minimum absolute atomic E-state index is 0.194. The Bertz CT molecular complexity index is 1270. The average molecular weight is 449 g/mol. The predicted octanol–water partition coefficient (Wildman–Crippen LogP) is 5.71. The molecule has 32 heavy (non-hydrogen) atoms. The molecule has 0 unspecified atom stereocenters. The molecule has 0 bridgehead atoms. The third-order valence-electron chi connectivity index (χ3n) is 4.91. The molecule has 164 valence electrons. The van der Waals surface area contributed by atoms with E-state index in [0.29, 0.717) is 23.7 Å². The van der Waals surface area contributed by atoms with Crippen molar-refractivity contribution in [3.05, 3.63) is 65.7 Å². The summed E-state index contributed by atoms with van der Waals surface area (Å²) in [6, 6.07) is 17.0. The molecule has 0 saturated heterocycles. The molecule has 4 aromatic rings. The molecule has 0 radical (unpaired) electrons. The van der Waals surface area contributed by atoms with Crippen molar-refractivity contribution < 1.29 is 14.6 Å². The van der Waals surface area contributed by atoms with E-state index >= 15 is 0 Å². The molecule has 1 heterocycles. The van der Waals surface area contributed by atoms with Gasteiger partial charge in [-0.15, -0.1) is 0 Å². The van der Waals surface area contributed by atoms with Crippen LogP contribution in [0.25, 0.3) is 10.2 Å². The highest BCUT2D eigenvalue weighted by molar-refractivity contribution is 7.22. The number of anilines is 3. The van der Waals surface area contributed by atoms with E-state index in [9.17, 15) is 5.11 Å². The number of ether oxygens (including phenoxy) is 2. The number of hydrogen-bond donors (Lipinski definition) is 3. The van der Waals surface area contributed by atoms with E-state index < -0.39 is 0 Å². The third-order valence-corrected chi connectivity index (χ3v) is 5.85. The maximum atomic E-state index is 9.95. The van der Waals surface area contributed by atoms with Gasteiger partial charge in [-0.1, -0.05) is 29.5 Å². The number of hydrogen-bond acceptors (Lipinski definition) is 7. The molecule has 0 fully saturated rings. The van der Waals surface area contributed by atoms with Crippen LogP contribution in [0, 0.1) is 6.92 Å². The zero-order valence-electron chi connectivity index (χ0n) is 18.0. The van der Waals surface area contributed by atoms with Crippen molar-refractivity contribution >= 4 is 44.4 Å². The number of aromatic hydroxyl groups is 1. The smallest absolute Gasteiger partial charge is 0.188 e. The van der Waals surface area contributed by atoms with Crippen LogP contribution in [-0.2, 0) is 6.54 Å². The zero-order valence-corrected chi connectivity index (χ0v) is 18.9. The van der Waals surface area contributed by atoms with Crippen LogP contribution in [0.3, 0.4) is 0 Å². The average Bonchev–Trinajstić information content (AvgIpc) is 3.20. The van der Waals surface area contributed by atoms with Crippen molar-refractivity contribution in [1.82, 2.24) is 4.98 Å². The normalized spacial score (nSPS) is 11.1. The number of aryl methyl sites for hydroxylation is 1. The highest BCUT2D eigenvalue weighted by Gasteiger charge is 2.08. The van der Waals surface area contributed by atoms with Crippen molar-refractivity contribution in [3.63, 3.8) is 0 Å². The van der Waals surface area contributed by atoms with E-state index in [1.165, 1.54) is 11.3 Å². The van der Waals surface area contributed by atoms with Gasteiger partial charge >= 0.3 is 0 Å². The topological polar surface area (TPSA) is 88.0 Å². The van der Waals surface area contributed by atoms with Crippen molar-refractivity contribution in [2.45, 2.75) is 13.5 Å². The predicted molar refractivity (Wildman–Crippen MR) is 131 cm³/mol. The van der Waals surface area contributed by atoms with Crippen LogP contribution in [0.1, 0.15) is 11.1 Å². The van der Waals surface area contributed by atoms with Gasteiger partial charge in [-0.3, -0.25) is 4.99 Å². The first-order chi connectivity index (χ1) is 15.6. The Labute approximate surface area is 190 Å². The number of para-hydroxylation sites is 2. The van der Waals surface area contributed by atoms with E-state index in [1.807, 2.05) is 43.3 Å². The fraction of sp³-hybridized carbons (Fsp3) is 0.167. The molecular formula is C24H24N4O3S. The van der Waals surface area contributed by atoms with Crippen LogP contribution < -0.4 is 20.1 Å². The number of rotatable bonds is 8. The summed E-state index contributed by atoms with van der Waals surface area (Å²) in [5.41, 5.74) is 4.55. The Hall–Kier alpha value is -3.78. The molecule has 0 aliphatic rings. The van der Waals surface area contributed by atoms with Crippen LogP contribution >= 0.6 is 11.3 Å². The highest BCUT2D eigenvalue weighted by Crippen LogP contribution is 2.33. The number of nitrogens with one attached hydrogen (secondary N) is 2. The Morgan fingerprint density at radius 3 is 2.59 bits per heavy atom. The zero-order chi connectivity index (χ0) is 22.5. The number of methoxy groups -OCH3 is 2. The minimum atomic E-state index is 0.194. The molecule has 8 heteroatoms. The molecule has 0 aliphatic carbocycles. The first-order valence-corrected chi connectivity index (χ1v) is 10.8. The summed E-state index contributed by atoms with van der Waals surface area (Å²) in [7, 11) is 3.24. The summed E-state index contributed by atoms with van der Waals surface area (Å²) >= 11 is 1.53. The molecule has 0 amide bonds. The van der Waals surface area contributed by atoms with Gasteiger partial charge in [0.2, 0.25) is 0 Å². The van der Waals surface area contributed by atoms with Crippen LogP contribution in [-0.4, -0.2) is 30.6 Å². The number of fused-ring (bicyclic) bond motifs is 1. The van der Waals surface area contributed by atoms with Gasteiger partial charge in [0.15, 0.2) is 16.6 Å². The van der Waals surface area contributed by atoms with Gasteiger partial charge in [-0.25, -0.2) is 4.98 Å². The Morgan fingerprint density at radius 2 is 1.81 bits per heavy atom. The molecule has 0 spiro atoms. The number of benzene rings is 3. The number of nitrogens with zero attached hydrogens (tertiary/aromatic N) is 2. The fourth-order valence-electron chi connectivity index (χ4n) is 3.22. The number of phenols is 1. The van der Waals surface area contributed by atoms with Crippen molar-refractivity contribution in [3.8, 4) is 17.2 Å². The van der Waals surface area contributed by atoms with Crippen molar-refractivity contribution in [2.75, 3.05) is 24.9 Å². The van der Waals surface area contributed by atoms with Gasteiger partial charge in [-0.05, 0) is 48.4 Å². The first-order valence-electron chi connectivity index (χ1n) is 9.99. The van der Waals surface area contributed by atoms with Crippen LogP contribution in [0.2, 0.25) is 0 Å². The summed E-state index contributed by atoms with van der Waals surface area (Å²) in [5, 5.41) is 17.1. The standard InChI is InChI=1S/C24H24N4O3S/c1-15-10-21(30-2)22(31-3)12-19(15)26-14-25-13-16-8-9-18-23(11-16)32-24(28-18)27-17-6-4-5-7-20(17)29/h4-12,14,29H,13H2,1-3H3,(H,25,26)(H,27,28). The fourth-order valence-corrected chi connectivity index (χ4v) is 4.16. The lowest BCUT2D eigenvalue weighted by molar-refractivity contribution is 0.355. The summed E-state index contributed by atoms with van der Waals surface area (Å²) in [4.78, 5) is 9.09. The molecule has 0 aliphatic heterocycles. The Kier molecular flexibility index (Phi) is 6.42. The molecule has 7 nitrogen and oxygen atoms in total. The van der Waals surface area contributed by atoms with Crippen LogP contribution in [0.15, 0.2) is 59.6 Å². The molecular weight excluding hydrogens is 424 g/mol. The molecule has 0 saturated carbocycles. The largest absolute Gasteiger partial charge is 0.506 e. The first kappa shape index (κ1) is 21.5. The van der Waals surface area contributed by atoms with Gasteiger partial charge in [0.25, 0.3) is 0 Å². The monoisotopic (exact) mass is 448 g/mol. The Morgan fingerprint density at radius 1 is 1.03 bits per heavy atom. The number of phenolic OH excluding ortho intramolecular Hbond substituents is 1. The molecule has 3 aromatic carbocycles.